The first-order valence-electron chi connectivity index (χ1n) is 5.82. The number of amidine groups is 1. The van der Waals surface area contributed by atoms with Crippen molar-refractivity contribution in [2.45, 2.75) is 19.4 Å². The summed E-state index contributed by atoms with van der Waals surface area (Å²) in [7, 11) is 1.57. The van der Waals surface area contributed by atoms with E-state index in [0.717, 1.165) is 11.8 Å². The predicted octanol–water partition coefficient (Wildman–Crippen LogP) is 1.83. The zero-order chi connectivity index (χ0) is 13.8. The molecule has 0 bridgehead atoms. The molecule has 0 fully saturated rings. The van der Waals surface area contributed by atoms with Crippen LogP contribution >= 0.6 is 11.8 Å². The van der Waals surface area contributed by atoms with Crippen molar-refractivity contribution in [1.82, 2.24) is 5.32 Å². The van der Waals surface area contributed by atoms with Crippen molar-refractivity contribution in [3.8, 4) is 5.75 Å². The van der Waals surface area contributed by atoms with Crippen molar-refractivity contribution < 1.29 is 14.3 Å². The van der Waals surface area contributed by atoms with Gasteiger partial charge in [-0.1, -0.05) is 0 Å². The molecular formula is C13H14N2O3S. The lowest BCUT2D eigenvalue weighted by Crippen LogP contribution is -2.36. The molecule has 2 rings (SSSR count). The Morgan fingerprint density at radius 3 is 2.68 bits per heavy atom. The summed E-state index contributed by atoms with van der Waals surface area (Å²) in [6.45, 7) is 1.84. The number of methoxy groups -OCH3 is 1. The molecule has 0 radical (unpaired) electrons. The Hall–Kier alpha value is -1.82. The lowest BCUT2D eigenvalue weighted by atomic mass is 10.2. The fourth-order valence-corrected chi connectivity index (χ4v) is 2.47. The Balaban J connectivity index is 2.06. The summed E-state index contributed by atoms with van der Waals surface area (Å²) >= 11 is 0.933. The standard InChI is InChI=1S/C13H14N2O3S/c1-8-7-11(16)15-13(14-8)19-12(17)9-3-5-10(18-2)6-4-9/h3-6,8H,7H2,1-2H3,(H,14,15,16)/t8-/m1/s1. The highest BCUT2D eigenvalue weighted by atomic mass is 32.2. The molecule has 1 aromatic rings. The van der Waals surface area contributed by atoms with Gasteiger partial charge < -0.3 is 10.1 Å². The van der Waals surface area contributed by atoms with Crippen LogP contribution in [0.3, 0.4) is 0 Å². The predicted molar refractivity (Wildman–Crippen MR) is 74.6 cm³/mol. The SMILES string of the molecule is COc1ccc(C(=O)SC2=N[C@H](C)CC(=O)N2)cc1. The van der Waals surface area contributed by atoms with E-state index < -0.39 is 0 Å². The molecule has 0 spiro atoms. The van der Waals surface area contributed by atoms with E-state index in [9.17, 15) is 9.59 Å². The molecule has 1 aliphatic heterocycles. The van der Waals surface area contributed by atoms with E-state index in [4.69, 9.17) is 4.74 Å². The number of thioether (sulfide) groups is 1. The molecule has 0 unspecified atom stereocenters. The molecule has 1 aromatic carbocycles. The van der Waals surface area contributed by atoms with Gasteiger partial charge in [-0.15, -0.1) is 0 Å². The quantitative estimate of drug-likeness (QED) is 0.896. The smallest absolute Gasteiger partial charge is 0.228 e. The van der Waals surface area contributed by atoms with E-state index in [-0.39, 0.29) is 17.1 Å². The molecule has 1 amide bonds. The molecule has 0 aromatic heterocycles. The Morgan fingerprint density at radius 2 is 2.11 bits per heavy atom. The van der Waals surface area contributed by atoms with Gasteiger partial charge in [0.1, 0.15) is 5.75 Å². The van der Waals surface area contributed by atoms with Crippen LogP contribution in [0.15, 0.2) is 29.3 Å². The maximum Gasteiger partial charge on any atom is 0.228 e. The van der Waals surface area contributed by atoms with Gasteiger partial charge in [0, 0.05) is 12.0 Å². The molecule has 0 aliphatic carbocycles. The van der Waals surface area contributed by atoms with Crippen LogP contribution in [0.5, 0.6) is 5.75 Å². The molecule has 1 aliphatic rings. The van der Waals surface area contributed by atoms with Gasteiger partial charge in [-0.05, 0) is 43.0 Å². The Bertz CT molecular complexity index is 525. The van der Waals surface area contributed by atoms with Crippen molar-refractivity contribution in [3.63, 3.8) is 0 Å². The molecule has 5 nitrogen and oxygen atoms in total. The van der Waals surface area contributed by atoms with Crippen molar-refractivity contribution in [2.75, 3.05) is 7.11 Å². The molecular weight excluding hydrogens is 264 g/mol. The summed E-state index contributed by atoms with van der Waals surface area (Å²) in [5, 5.41) is 2.81. The first kappa shape index (κ1) is 13.6. The first-order chi connectivity index (χ1) is 9.08. The fraction of sp³-hybridized carbons (Fsp3) is 0.308. The third-order valence-corrected chi connectivity index (χ3v) is 3.40. The van der Waals surface area contributed by atoms with Crippen molar-refractivity contribution in [3.05, 3.63) is 29.8 Å². The van der Waals surface area contributed by atoms with Gasteiger partial charge in [-0.2, -0.15) is 0 Å². The molecule has 0 saturated heterocycles. The van der Waals surface area contributed by atoms with E-state index in [2.05, 4.69) is 10.3 Å². The van der Waals surface area contributed by atoms with Gasteiger partial charge in [0.2, 0.25) is 11.0 Å². The molecule has 0 saturated carbocycles. The van der Waals surface area contributed by atoms with Crippen LogP contribution in [-0.2, 0) is 4.79 Å². The number of nitrogens with one attached hydrogen (secondary N) is 1. The van der Waals surface area contributed by atoms with Crippen LogP contribution in [0, 0.1) is 0 Å². The monoisotopic (exact) mass is 278 g/mol. The molecule has 100 valence electrons. The summed E-state index contributed by atoms with van der Waals surface area (Å²) in [4.78, 5) is 27.6. The number of aliphatic imine (C=N–C) groups is 1. The minimum atomic E-state index is -0.157. The van der Waals surface area contributed by atoms with Crippen LogP contribution in [-0.4, -0.2) is 29.3 Å². The third kappa shape index (κ3) is 3.57. The van der Waals surface area contributed by atoms with Crippen LogP contribution < -0.4 is 10.1 Å². The lowest BCUT2D eigenvalue weighted by molar-refractivity contribution is -0.120. The molecule has 1 N–H and O–H groups in total. The van der Waals surface area contributed by atoms with Gasteiger partial charge >= 0.3 is 0 Å². The number of rotatable bonds is 2. The second-order valence-corrected chi connectivity index (χ2v) is 5.12. The summed E-state index contributed by atoms with van der Waals surface area (Å²) in [6.07, 6.45) is 0.362. The van der Waals surface area contributed by atoms with Crippen LogP contribution in [0.2, 0.25) is 0 Å². The number of benzene rings is 1. The molecule has 6 heteroatoms. The summed E-state index contributed by atoms with van der Waals surface area (Å²) in [6, 6.07) is 6.72. The normalized spacial score (nSPS) is 18.5. The fourth-order valence-electron chi connectivity index (χ4n) is 1.64. The summed E-state index contributed by atoms with van der Waals surface area (Å²) in [5.41, 5.74) is 0.543. The second-order valence-electron chi connectivity index (χ2n) is 4.15. The van der Waals surface area contributed by atoms with E-state index in [1.54, 1.807) is 31.4 Å². The second kappa shape index (κ2) is 5.88. The summed E-state index contributed by atoms with van der Waals surface area (Å²) < 4.78 is 5.03. The van der Waals surface area contributed by atoms with Crippen LogP contribution in [0.1, 0.15) is 23.7 Å². The lowest BCUT2D eigenvalue weighted by Gasteiger charge is -2.16. The average molecular weight is 278 g/mol. The summed E-state index contributed by atoms with van der Waals surface area (Å²) in [5.74, 6) is 0.589. The number of amides is 1. The minimum Gasteiger partial charge on any atom is -0.497 e. The van der Waals surface area contributed by atoms with E-state index >= 15 is 0 Å². The van der Waals surface area contributed by atoms with E-state index in [1.165, 1.54) is 0 Å². The first-order valence-corrected chi connectivity index (χ1v) is 6.64. The maximum atomic E-state index is 12.0. The van der Waals surface area contributed by atoms with Crippen molar-refractivity contribution in [2.24, 2.45) is 4.99 Å². The number of carbonyl (C=O) groups excluding carboxylic acids is 2. The highest BCUT2D eigenvalue weighted by Gasteiger charge is 2.20. The minimum absolute atomic E-state index is 0.0834. The Labute approximate surface area is 115 Å². The molecule has 19 heavy (non-hydrogen) atoms. The van der Waals surface area contributed by atoms with Gasteiger partial charge in [-0.3, -0.25) is 14.6 Å². The van der Waals surface area contributed by atoms with Crippen molar-refractivity contribution >= 4 is 28.0 Å². The largest absolute Gasteiger partial charge is 0.497 e. The molecule has 1 heterocycles. The number of hydrogen-bond acceptors (Lipinski definition) is 5. The van der Waals surface area contributed by atoms with Crippen LogP contribution in [0.4, 0.5) is 0 Å². The highest BCUT2D eigenvalue weighted by Crippen LogP contribution is 2.19. The zero-order valence-corrected chi connectivity index (χ0v) is 11.5. The van der Waals surface area contributed by atoms with E-state index in [1.807, 2.05) is 6.92 Å². The highest BCUT2D eigenvalue weighted by molar-refractivity contribution is 8.26. The average Bonchev–Trinajstić information content (AvgIpc) is 2.37. The number of nitrogens with zero attached hydrogens (tertiary/aromatic N) is 1. The van der Waals surface area contributed by atoms with Gasteiger partial charge in [0.25, 0.3) is 0 Å². The van der Waals surface area contributed by atoms with Crippen molar-refractivity contribution in [1.29, 1.82) is 0 Å². The Kier molecular flexibility index (Phi) is 4.21. The Morgan fingerprint density at radius 1 is 1.42 bits per heavy atom. The van der Waals surface area contributed by atoms with E-state index in [0.29, 0.717) is 22.9 Å². The zero-order valence-electron chi connectivity index (χ0n) is 10.7. The van der Waals surface area contributed by atoms with Gasteiger partial charge in [0.15, 0.2) is 5.17 Å². The third-order valence-electron chi connectivity index (χ3n) is 2.58. The number of ether oxygens (including phenoxy) is 1. The number of hydrogen-bond donors (Lipinski definition) is 1. The molecule has 1 atom stereocenters. The topological polar surface area (TPSA) is 67.8 Å². The van der Waals surface area contributed by atoms with Gasteiger partial charge in [-0.25, -0.2) is 0 Å². The van der Waals surface area contributed by atoms with Gasteiger partial charge in [0.05, 0.1) is 13.2 Å². The number of carbonyl (C=O) groups is 2. The van der Waals surface area contributed by atoms with Crippen LogP contribution in [0.25, 0.3) is 0 Å². The maximum absolute atomic E-state index is 12.0.